The minimum absolute atomic E-state index is 0.0957. The Kier molecular flexibility index (Phi) is 9.20. The SMILES string of the molecule is COC(=O)CCCCN1C(=O)[C@@]2(O[C@@H](CC(=O)N3Cc4ccccc4C[C@H]3CO)[C@H]([Si](C)(C)F)[C@H]2C)c2cc(OC)ccc21. The van der Waals surface area contributed by atoms with Gasteiger partial charge in [-0.2, -0.15) is 0 Å². The zero-order valence-corrected chi connectivity index (χ0v) is 27.2. The Morgan fingerprint density at radius 3 is 2.52 bits per heavy atom. The van der Waals surface area contributed by atoms with Crippen LogP contribution in [0.1, 0.15) is 49.3 Å². The molecule has 0 bridgehead atoms. The Morgan fingerprint density at radius 2 is 1.86 bits per heavy atom. The molecule has 0 saturated carbocycles. The lowest BCUT2D eigenvalue weighted by Crippen LogP contribution is -2.48. The molecule has 0 aliphatic carbocycles. The Bertz CT molecular complexity index is 1410. The zero-order chi connectivity index (χ0) is 31.8. The first-order valence-corrected chi connectivity index (χ1v) is 18.3. The van der Waals surface area contributed by atoms with Crippen molar-refractivity contribution in [3.63, 3.8) is 0 Å². The number of hydrogen-bond acceptors (Lipinski definition) is 7. The van der Waals surface area contributed by atoms with Crippen LogP contribution < -0.4 is 9.64 Å². The lowest BCUT2D eigenvalue weighted by Gasteiger charge is -2.37. The Morgan fingerprint density at radius 1 is 1.14 bits per heavy atom. The first-order chi connectivity index (χ1) is 21.0. The highest BCUT2D eigenvalue weighted by molar-refractivity contribution is 6.72. The predicted octanol–water partition coefficient (Wildman–Crippen LogP) is 4.50. The van der Waals surface area contributed by atoms with Crippen LogP contribution in [0, 0.1) is 5.92 Å². The van der Waals surface area contributed by atoms with Gasteiger partial charge in [0.15, 0.2) is 5.60 Å². The topological polar surface area (TPSA) is 106 Å². The average Bonchev–Trinajstić information content (AvgIpc) is 3.43. The second-order valence-electron chi connectivity index (χ2n) is 12.7. The fourth-order valence-electron chi connectivity index (χ4n) is 7.55. The van der Waals surface area contributed by atoms with E-state index in [1.807, 2.05) is 37.3 Å². The summed E-state index contributed by atoms with van der Waals surface area (Å²) in [6, 6.07) is 12.9. The number of carbonyl (C=O) groups excluding carboxylic acids is 3. The second-order valence-corrected chi connectivity index (χ2v) is 16.5. The number of esters is 1. The highest BCUT2D eigenvalue weighted by atomic mass is 28.4. The number of nitrogens with zero attached hydrogens (tertiary/aromatic N) is 2. The summed E-state index contributed by atoms with van der Waals surface area (Å²) >= 11 is 0. The van der Waals surface area contributed by atoms with Crippen LogP contribution in [0.3, 0.4) is 0 Å². The molecule has 1 N–H and O–H groups in total. The van der Waals surface area contributed by atoms with Crippen molar-refractivity contribution >= 4 is 31.9 Å². The lowest BCUT2D eigenvalue weighted by atomic mass is 9.82. The van der Waals surface area contributed by atoms with Gasteiger partial charge in [0.2, 0.25) is 14.3 Å². The van der Waals surface area contributed by atoms with E-state index in [1.165, 1.54) is 7.11 Å². The number of halogens is 1. The largest absolute Gasteiger partial charge is 0.497 e. The molecule has 3 aliphatic heterocycles. The highest BCUT2D eigenvalue weighted by Crippen LogP contribution is 2.60. The summed E-state index contributed by atoms with van der Waals surface area (Å²) < 4.78 is 33.3. The third-order valence-corrected chi connectivity index (χ3v) is 12.1. The van der Waals surface area contributed by atoms with E-state index in [4.69, 9.17) is 14.2 Å². The molecule has 3 aliphatic rings. The van der Waals surface area contributed by atoms with Crippen LogP contribution in [0.15, 0.2) is 42.5 Å². The van der Waals surface area contributed by atoms with Crippen LogP contribution in [0.4, 0.5) is 9.80 Å². The summed E-state index contributed by atoms with van der Waals surface area (Å²) in [4.78, 5) is 43.4. The van der Waals surface area contributed by atoms with E-state index in [1.54, 1.807) is 42.1 Å². The number of fused-ring (bicyclic) bond motifs is 3. The zero-order valence-electron chi connectivity index (χ0n) is 26.2. The first kappa shape index (κ1) is 32.1. The third kappa shape index (κ3) is 5.65. The molecule has 9 nitrogen and oxygen atoms in total. The Balaban J connectivity index is 1.46. The van der Waals surface area contributed by atoms with Crippen molar-refractivity contribution in [3.05, 3.63) is 59.2 Å². The van der Waals surface area contributed by atoms with Crippen molar-refractivity contribution in [3.8, 4) is 5.75 Å². The van der Waals surface area contributed by atoms with E-state index in [0.717, 1.165) is 11.1 Å². The molecule has 11 heteroatoms. The number of unbranched alkanes of at least 4 members (excludes halogenated alkanes) is 1. The maximum Gasteiger partial charge on any atom is 0.305 e. The number of methoxy groups -OCH3 is 2. The number of aliphatic hydroxyl groups excluding tert-OH is 1. The molecule has 2 amide bonds. The van der Waals surface area contributed by atoms with E-state index >= 15 is 4.11 Å². The standard InChI is InChI=1S/C33H43FN2O7Si/c1-21-31(44(4,5)34)28(18-29(38)36-19-23-11-7-6-10-22(23)16-24(36)20-37)43-33(21)26-17-25(41-2)13-14-27(26)35(32(33)40)15-9-8-12-30(39)42-3/h6-7,10-11,13-14,17,21,24,28,31,37H,8-9,12,15-16,18-20H2,1-5H3/t21-,24+,28+,31-,33+/m1/s1. The van der Waals surface area contributed by atoms with Crippen LogP contribution in [-0.4, -0.2) is 75.7 Å². The van der Waals surface area contributed by atoms with Gasteiger partial charge in [-0.25, -0.2) is 0 Å². The molecule has 0 unspecified atom stereocenters. The fraction of sp³-hybridized carbons (Fsp3) is 0.545. The van der Waals surface area contributed by atoms with E-state index in [9.17, 15) is 19.5 Å². The predicted molar refractivity (Wildman–Crippen MR) is 165 cm³/mol. The summed E-state index contributed by atoms with van der Waals surface area (Å²) in [5.74, 6) is -0.833. The molecule has 0 aromatic heterocycles. The van der Waals surface area contributed by atoms with Crippen molar-refractivity contribution in [2.24, 2.45) is 5.92 Å². The number of amides is 2. The molecular formula is C33H43FN2O7Si. The molecule has 238 valence electrons. The minimum atomic E-state index is -3.48. The van der Waals surface area contributed by atoms with E-state index < -0.39 is 37.6 Å². The van der Waals surface area contributed by atoms with Gasteiger partial charge in [-0.05, 0) is 61.7 Å². The molecule has 5 rings (SSSR count). The molecule has 5 atom stereocenters. The Labute approximate surface area is 259 Å². The van der Waals surface area contributed by atoms with E-state index in [2.05, 4.69) is 0 Å². The minimum Gasteiger partial charge on any atom is -0.497 e. The van der Waals surface area contributed by atoms with Crippen LogP contribution >= 0.6 is 0 Å². The summed E-state index contributed by atoms with van der Waals surface area (Å²) in [6.45, 7) is 5.60. The van der Waals surface area contributed by atoms with Gasteiger partial charge in [0.1, 0.15) is 5.75 Å². The van der Waals surface area contributed by atoms with Crippen LogP contribution in [0.25, 0.3) is 0 Å². The summed E-state index contributed by atoms with van der Waals surface area (Å²) in [7, 11) is -0.591. The summed E-state index contributed by atoms with van der Waals surface area (Å²) in [5, 5.41) is 10.2. The molecule has 2 aromatic carbocycles. The average molecular weight is 627 g/mol. The van der Waals surface area contributed by atoms with Gasteiger partial charge in [0, 0.05) is 36.5 Å². The van der Waals surface area contributed by atoms with Crippen molar-refractivity contribution in [2.75, 3.05) is 32.3 Å². The van der Waals surface area contributed by atoms with E-state index in [-0.39, 0.29) is 37.2 Å². The van der Waals surface area contributed by atoms with E-state index in [0.29, 0.717) is 49.4 Å². The smallest absolute Gasteiger partial charge is 0.305 e. The maximum absolute atomic E-state index is 16.3. The molecule has 1 spiro atoms. The summed E-state index contributed by atoms with van der Waals surface area (Å²) in [5.41, 5.74) is 1.28. The Hall–Kier alpha value is -3.28. The maximum atomic E-state index is 16.3. The second kappa shape index (κ2) is 12.6. The monoisotopic (exact) mass is 626 g/mol. The summed E-state index contributed by atoms with van der Waals surface area (Å²) in [6.07, 6.45) is 0.957. The van der Waals surface area contributed by atoms with Gasteiger partial charge in [0.25, 0.3) is 5.91 Å². The van der Waals surface area contributed by atoms with Gasteiger partial charge in [-0.3, -0.25) is 14.4 Å². The quantitative estimate of drug-likeness (QED) is 0.179. The fourth-order valence-corrected chi connectivity index (χ4v) is 10.0. The van der Waals surface area contributed by atoms with Gasteiger partial charge in [-0.15, -0.1) is 0 Å². The number of hydrogen-bond donors (Lipinski definition) is 1. The van der Waals surface area contributed by atoms with Gasteiger partial charge in [0.05, 0.1) is 45.1 Å². The molecule has 2 aromatic rings. The number of rotatable bonds is 10. The van der Waals surface area contributed by atoms with Gasteiger partial charge < -0.3 is 33.2 Å². The molecule has 1 saturated heterocycles. The molecule has 44 heavy (non-hydrogen) atoms. The molecule has 0 radical (unpaired) electrons. The number of carbonyl (C=O) groups is 3. The van der Waals surface area contributed by atoms with Crippen molar-refractivity contribution in [2.45, 2.75) is 82.0 Å². The highest BCUT2D eigenvalue weighted by Gasteiger charge is 2.67. The first-order valence-electron chi connectivity index (χ1n) is 15.4. The van der Waals surface area contributed by atoms with Crippen molar-refractivity contribution < 1.29 is 37.8 Å². The normalized spacial score (nSPS) is 26.1. The number of benzene rings is 2. The number of ether oxygens (including phenoxy) is 3. The number of aliphatic hydroxyl groups is 1. The van der Waals surface area contributed by atoms with Crippen LogP contribution in [0.5, 0.6) is 5.75 Å². The van der Waals surface area contributed by atoms with Gasteiger partial charge >= 0.3 is 5.97 Å². The van der Waals surface area contributed by atoms with Gasteiger partial charge in [-0.1, -0.05) is 31.2 Å². The number of anilines is 1. The van der Waals surface area contributed by atoms with Crippen molar-refractivity contribution in [1.82, 2.24) is 4.90 Å². The lowest BCUT2D eigenvalue weighted by molar-refractivity contribution is -0.151. The molecular weight excluding hydrogens is 583 g/mol. The van der Waals surface area contributed by atoms with Crippen LogP contribution in [0.2, 0.25) is 18.6 Å². The third-order valence-electron chi connectivity index (χ3n) is 9.67. The molecule has 1 fully saturated rings. The van der Waals surface area contributed by atoms with Crippen LogP contribution in [-0.2, 0) is 42.4 Å². The molecule has 3 heterocycles. The van der Waals surface area contributed by atoms with Crippen molar-refractivity contribution in [1.29, 1.82) is 0 Å².